The lowest BCUT2D eigenvalue weighted by molar-refractivity contribution is -0.126. The molecule has 1 aliphatic heterocycles. The highest BCUT2D eigenvalue weighted by molar-refractivity contribution is 5.78. The molecule has 2 heterocycles. The van der Waals surface area contributed by atoms with E-state index in [0.29, 0.717) is 12.5 Å². The Kier molecular flexibility index (Phi) is 6.55. The number of benzene rings is 1. The number of nitrogens with one attached hydrogen (secondary N) is 2. The Morgan fingerprint density at radius 1 is 1.12 bits per heavy atom. The van der Waals surface area contributed by atoms with Crippen molar-refractivity contribution in [2.45, 2.75) is 32.9 Å². The minimum Gasteiger partial charge on any atom is -0.355 e. The molecule has 0 bridgehead atoms. The standard InChI is InChI=1S/C20H27N5O/c1-2-21-20-23-13-17(14-24-20)15-25-10-8-18(9-11-25)19(26)22-12-16-6-4-3-5-7-16/h3-7,13-14,18H,2,8-12,15H2,1H3,(H,22,26)(H,21,23,24). The molecule has 0 unspecified atom stereocenters. The summed E-state index contributed by atoms with van der Waals surface area (Å²) in [7, 11) is 0. The number of carbonyl (C=O) groups is 1. The van der Waals surface area contributed by atoms with Gasteiger partial charge in [0.05, 0.1) is 0 Å². The molecule has 2 N–H and O–H groups in total. The average Bonchev–Trinajstić information content (AvgIpc) is 2.69. The number of aromatic nitrogens is 2. The third-order valence-corrected chi connectivity index (χ3v) is 4.71. The van der Waals surface area contributed by atoms with Crippen molar-refractivity contribution in [3.8, 4) is 0 Å². The van der Waals surface area contributed by atoms with Crippen molar-refractivity contribution in [1.82, 2.24) is 20.2 Å². The molecule has 0 atom stereocenters. The number of anilines is 1. The van der Waals surface area contributed by atoms with Gasteiger partial charge in [-0.2, -0.15) is 0 Å². The summed E-state index contributed by atoms with van der Waals surface area (Å²) in [5.74, 6) is 0.958. The van der Waals surface area contributed by atoms with Crippen LogP contribution in [-0.2, 0) is 17.9 Å². The van der Waals surface area contributed by atoms with Crippen LogP contribution in [-0.4, -0.2) is 40.4 Å². The van der Waals surface area contributed by atoms with Crippen molar-refractivity contribution in [2.24, 2.45) is 5.92 Å². The molecule has 1 aliphatic rings. The summed E-state index contributed by atoms with van der Waals surface area (Å²) in [4.78, 5) is 23.4. The lowest BCUT2D eigenvalue weighted by Gasteiger charge is -2.31. The van der Waals surface area contributed by atoms with Crippen LogP contribution in [0.5, 0.6) is 0 Å². The van der Waals surface area contributed by atoms with Crippen molar-refractivity contribution in [2.75, 3.05) is 25.0 Å². The Hall–Kier alpha value is -2.47. The Balaban J connectivity index is 1.41. The quantitative estimate of drug-likeness (QED) is 0.800. The number of hydrogen-bond acceptors (Lipinski definition) is 5. The first-order valence-electron chi connectivity index (χ1n) is 9.33. The van der Waals surface area contributed by atoms with Gasteiger partial charge in [-0.1, -0.05) is 30.3 Å². The molecule has 6 nitrogen and oxygen atoms in total. The second-order valence-corrected chi connectivity index (χ2v) is 6.70. The molecular formula is C20H27N5O. The van der Waals surface area contributed by atoms with Crippen LogP contribution in [0.3, 0.4) is 0 Å². The third kappa shape index (κ3) is 5.26. The van der Waals surface area contributed by atoms with Crippen molar-refractivity contribution in [3.63, 3.8) is 0 Å². The highest BCUT2D eigenvalue weighted by Gasteiger charge is 2.24. The maximum absolute atomic E-state index is 12.4. The summed E-state index contributed by atoms with van der Waals surface area (Å²) < 4.78 is 0. The van der Waals surface area contributed by atoms with Crippen molar-refractivity contribution >= 4 is 11.9 Å². The summed E-state index contributed by atoms with van der Waals surface area (Å²) in [5, 5.41) is 6.17. The number of likely N-dealkylation sites (tertiary alicyclic amines) is 1. The van der Waals surface area contributed by atoms with E-state index >= 15 is 0 Å². The molecule has 0 spiro atoms. The Morgan fingerprint density at radius 3 is 2.46 bits per heavy atom. The summed E-state index contributed by atoms with van der Waals surface area (Å²) in [6.45, 7) is 6.15. The van der Waals surface area contributed by atoms with Gasteiger partial charge in [0, 0.05) is 43.5 Å². The van der Waals surface area contributed by atoms with E-state index in [0.717, 1.165) is 50.1 Å². The van der Waals surface area contributed by atoms with E-state index in [2.05, 4.69) is 25.5 Å². The van der Waals surface area contributed by atoms with Gasteiger partial charge in [-0.05, 0) is 38.4 Å². The fourth-order valence-corrected chi connectivity index (χ4v) is 3.23. The van der Waals surface area contributed by atoms with Gasteiger partial charge in [0.1, 0.15) is 0 Å². The van der Waals surface area contributed by atoms with Gasteiger partial charge in [0.15, 0.2) is 0 Å². The molecule has 3 rings (SSSR count). The van der Waals surface area contributed by atoms with E-state index in [1.54, 1.807) is 0 Å². The minimum atomic E-state index is 0.113. The molecule has 1 saturated heterocycles. The summed E-state index contributed by atoms with van der Waals surface area (Å²) >= 11 is 0. The van der Waals surface area contributed by atoms with E-state index in [1.807, 2.05) is 49.6 Å². The van der Waals surface area contributed by atoms with Gasteiger partial charge in [-0.15, -0.1) is 0 Å². The Morgan fingerprint density at radius 2 is 1.81 bits per heavy atom. The molecule has 1 fully saturated rings. The molecule has 0 saturated carbocycles. The van der Waals surface area contributed by atoms with Gasteiger partial charge in [-0.3, -0.25) is 9.69 Å². The van der Waals surface area contributed by atoms with Gasteiger partial charge in [0.2, 0.25) is 11.9 Å². The zero-order valence-electron chi connectivity index (χ0n) is 15.3. The second-order valence-electron chi connectivity index (χ2n) is 6.70. The van der Waals surface area contributed by atoms with Gasteiger partial charge in [-0.25, -0.2) is 9.97 Å². The van der Waals surface area contributed by atoms with Gasteiger partial charge >= 0.3 is 0 Å². The van der Waals surface area contributed by atoms with Crippen LogP contribution in [0.4, 0.5) is 5.95 Å². The van der Waals surface area contributed by atoms with Crippen LogP contribution < -0.4 is 10.6 Å². The third-order valence-electron chi connectivity index (χ3n) is 4.71. The smallest absolute Gasteiger partial charge is 0.223 e. The average molecular weight is 353 g/mol. The molecule has 1 aromatic carbocycles. The molecule has 0 radical (unpaired) electrons. The normalized spacial score (nSPS) is 15.6. The van der Waals surface area contributed by atoms with E-state index in [-0.39, 0.29) is 11.8 Å². The zero-order valence-corrected chi connectivity index (χ0v) is 15.3. The van der Waals surface area contributed by atoms with E-state index < -0.39 is 0 Å². The lowest BCUT2D eigenvalue weighted by Crippen LogP contribution is -2.40. The van der Waals surface area contributed by atoms with Crippen LogP contribution >= 0.6 is 0 Å². The first-order chi connectivity index (χ1) is 12.7. The monoisotopic (exact) mass is 353 g/mol. The van der Waals surface area contributed by atoms with Crippen LogP contribution in [0.15, 0.2) is 42.7 Å². The van der Waals surface area contributed by atoms with Crippen LogP contribution in [0.25, 0.3) is 0 Å². The van der Waals surface area contributed by atoms with Gasteiger partial charge < -0.3 is 10.6 Å². The molecule has 0 aliphatic carbocycles. The maximum Gasteiger partial charge on any atom is 0.223 e. The molecular weight excluding hydrogens is 326 g/mol. The highest BCUT2D eigenvalue weighted by atomic mass is 16.1. The fourth-order valence-electron chi connectivity index (χ4n) is 3.23. The minimum absolute atomic E-state index is 0.113. The van der Waals surface area contributed by atoms with E-state index in [4.69, 9.17) is 0 Å². The summed E-state index contributed by atoms with van der Waals surface area (Å²) in [6, 6.07) is 10.0. The molecule has 2 aromatic rings. The number of hydrogen-bond donors (Lipinski definition) is 2. The molecule has 138 valence electrons. The molecule has 26 heavy (non-hydrogen) atoms. The SMILES string of the molecule is CCNc1ncc(CN2CCC(C(=O)NCc3ccccc3)CC2)cn1. The van der Waals surface area contributed by atoms with Crippen LogP contribution in [0.2, 0.25) is 0 Å². The predicted octanol–water partition coefficient (Wildman–Crippen LogP) is 2.44. The summed E-state index contributed by atoms with van der Waals surface area (Å²) in [6.07, 6.45) is 5.56. The van der Waals surface area contributed by atoms with E-state index in [1.165, 1.54) is 0 Å². The zero-order chi connectivity index (χ0) is 18.2. The lowest BCUT2D eigenvalue weighted by atomic mass is 9.95. The largest absolute Gasteiger partial charge is 0.355 e. The van der Waals surface area contributed by atoms with Crippen molar-refractivity contribution in [3.05, 3.63) is 53.9 Å². The molecule has 1 amide bonds. The first-order valence-corrected chi connectivity index (χ1v) is 9.33. The number of rotatable bonds is 7. The number of carbonyl (C=O) groups excluding carboxylic acids is 1. The second kappa shape index (κ2) is 9.29. The summed E-state index contributed by atoms with van der Waals surface area (Å²) in [5.41, 5.74) is 2.25. The fraction of sp³-hybridized carbons (Fsp3) is 0.450. The molecule has 6 heteroatoms. The van der Waals surface area contributed by atoms with Crippen molar-refractivity contribution < 1.29 is 4.79 Å². The highest BCUT2D eigenvalue weighted by Crippen LogP contribution is 2.19. The van der Waals surface area contributed by atoms with Gasteiger partial charge in [0.25, 0.3) is 0 Å². The maximum atomic E-state index is 12.4. The van der Waals surface area contributed by atoms with Crippen molar-refractivity contribution in [1.29, 1.82) is 0 Å². The Bertz CT molecular complexity index is 681. The number of nitrogens with zero attached hydrogens (tertiary/aromatic N) is 3. The number of piperidine rings is 1. The first kappa shape index (κ1) is 18.3. The molecule has 1 aromatic heterocycles. The van der Waals surface area contributed by atoms with Crippen LogP contribution in [0.1, 0.15) is 30.9 Å². The number of amides is 1. The van der Waals surface area contributed by atoms with Crippen LogP contribution in [0, 0.1) is 5.92 Å². The Labute approximate surface area is 155 Å². The topological polar surface area (TPSA) is 70.2 Å². The predicted molar refractivity (Wildman–Crippen MR) is 102 cm³/mol. The van der Waals surface area contributed by atoms with E-state index in [9.17, 15) is 4.79 Å².